The first-order chi connectivity index (χ1) is 10.0. The Bertz CT molecular complexity index is 651. The van der Waals surface area contributed by atoms with Gasteiger partial charge in [-0.05, 0) is 35.4 Å². The van der Waals surface area contributed by atoms with Gasteiger partial charge in [0.2, 0.25) is 11.8 Å². The number of benzene rings is 2. The SMILES string of the molecule is NC(=O)Cc1ccc(NCc2cccc(C(N)=O)c2)cc1. The molecule has 5 N–H and O–H groups in total. The highest BCUT2D eigenvalue weighted by Crippen LogP contribution is 2.12. The molecule has 0 atom stereocenters. The third-order valence-electron chi connectivity index (χ3n) is 3.04. The van der Waals surface area contributed by atoms with Crippen LogP contribution in [0.3, 0.4) is 0 Å². The van der Waals surface area contributed by atoms with E-state index in [1.807, 2.05) is 30.3 Å². The van der Waals surface area contributed by atoms with Crippen LogP contribution in [0.25, 0.3) is 0 Å². The van der Waals surface area contributed by atoms with Crippen LogP contribution in [0.5, 0.6) is 0 Å². The number of anilines is 1. The Hall–Kier alpha value is -2.82. The Kier molecular flexibility index (Phi) is 4.56. The molecule has 5 nitrogen and oxygen atoms in total. The van der Waals surface area contributed by atoms with E-state index in [-0.39, 0.29) is 12.3 Å². The van der Waals surface area contributed by atoms with E-state index in [1.54, 1.807) is 18.2 Å². The summed E-state index contributed by atoms with van der Waals surface area (Å²) in [7, 11) is 0. The van der Waals surface area contributed by atoms with Crippen molar-refractivity contribution < 1.29 is 9.59 Å². The van der Waals surface area contributed by atoms with Gasteiger partial charge in [-0.3, -0.25) is 9.59 Å². The molecule has 0 saturated heterocycles. The molecule has 0 aliphatic carbocycles. The van der Waals surface area contributed by atoms with Crippen molar-refractivity contribution in [2.75, 3.05) is 5.32 Å². The van der Waals surface area contributed by atoms with Gasteiger partial charge < -0.3 is 16.8 Å². The Morgan fingerprint density at radius 3 is 2.29 bits per heavy atom. The number of hydrogen-bond donors (Lipinski definition) is 3. The maximum atomic E-state index is 11.1. The number of amides is 2. The number of rotatable bonds is 6. The lowest BCUT2D eigenvalue weighted by Gasteiger charge is -2.08. The maximum absolute atomic E-state index is 11.1. The van der Waals surface area contributed by atoms with E-state index in [2.05, 4.69) is 5.32 Å². The Morgan fingerprint density at radius 1 is 0.952 bits per heavy atom. The van der Waals surface area contributed by atoms with Crippen LogP contribution in [0.2, 0.25) is 0 Å². The highest BCUT2D eigenvalue weighted by Gasteiger charge is 2.02. The quantitative estimate of drug-likeness (QED) is 0.747. The Labute approximate surface area is 123 Å². The van der Waals surface area contributed by atoms with Crippen molar-refractivity contribution >= 4 is 17.5 Å². The van der Waals surface area contributed by atoms with E-state index >= 15 is 0 Å². The van der Waals surface area contributed by atoms with Crippen molar-refractivity contribution in [3.05, 3.63) is 65.2 Å². The molecule has 2 aromatic rings. The van der Waals surface area contributed by atoms with E-state index in [4.69, 9.17) is 11.5 Å². The fourth-order valence-corrected chi connectivity index (χ4v) is 1.98. The smallest absolute Gasteiger partial charge is 0.248 e. The number of nitrogens with one attached hydrogen (secondary N) is 1. The highest BCUT2D eigenvalue weighted by atomic mass is 16.1. The van der Waals surface area contributed by atoms with E-state index in [1.165, 1.54) is 0 Å². The van der Waals surface area contributed by atoms with Gasteiger partial charge in [0.25, 0.3) is 0 Å². The fourth-order valence-electron chi connectivity index (χ4n) is 1.98. The monoisotopic (exact) mass is 283 g/mol. The van der Waals surface area contributed by atoms with Crippen molar-refractivity contribution in [1.82, 2.24) is 0 Å². The summed E-state index contributed by atoms with van der Waals surface area (Å²) in [5.74, 6) is -0.786. The lowest BCUT2D eigenvalue weighted by Crippen LogP contribution is -2.13. The molecule has 0 unspecified atom stereocenters. The second kappa shape index (κ2) is 6.56. The number of carbonyl (C=O) groups is 2. The molecule has 0 fully saturated rings. The minimum atomic E-state index is -0.437. The Morgan fingerprint density at radius 2 is 1.67 bits per heavy atom. The van der Waals surface area contributed by atoms with Crippen LogP contribution < -0.4 is 16.8 Å². The summed E-state index contributed by atoms with van der Waals surface area (Å²) < 4.78 is 0. The van der Waals surface area contributed by atoms with Crippen molar-refractivity contribution in [3.8, 4) is 0 Å². The van der Waals surface area contributed by atoms with Gasteiger partial charge in [-0.25, -0.2) is 0 Å². The number of nitrogens with two attached hydrogens (primary N) is 2. The summed E-state index contributed by atoms with van der Waals surface area (Å²) in [6, 6.07) is 14.6. The summed E-state index contributed by atoms with van der Waals surface area (Å²) in [5.41, 5.74) is 13.7. The van der Waals surface area contributed by atoms with Crippen molar-refractivity contribution in [2.45, 2.75) is 13.0 Å². The first-order valence-corrected chi connectivity index (χ1v) is 6.54. The lowest BCUT2D eigenvalue weighted by molar-refractivity contribution is -0.117. The molecule has 0 saturated carbocycles. The minimum Gasteiger partial charge on any atom is -0.381 e. The van der Waals surface area contributed by atoms with E-state index in [0.29, 0.717) is 12.1 Å². The van der Waals surface area contributed by atoms with E-state index in [9.17, 15) is 9.59 Å². The molecule has 2 amide bonds. The van der Waals surface area contributed by atoms with E-state index < -0.39 is 5.91 Å². The molecule has 0 radical (unpaired) electrons. The molecule has 0 aliphatic heterocycles. The van der Waals surface area contributed by atoms with Crippen LogP contribution in [0.4, 0.5) is 5.69 Å². The fraction of sp³-hybridized carbons (Fsp3) is 0.125. The molecule has 21 heavy (non-hydrogen) atoms. The van der Waals surface area contributed by atoms with Crippen molar-refractivity contribution in [1.29, 1.82) is 0 Å². The zero-order valence-corrected chi connectivity index (χ0v) is 11.5. The zero-order chi connectivity index (χ0) is 15.2. The number of carbonyl (C=O) groups excluding carboxylic acids is 2. The third-order valence-corrected chi connectivity index (χ3v) is 3.04. The van der Waals surface area contributed by atoms with Gasteiger partial charge in [-0.1, -0.05) is 24.3 Å². The van der Waals surface area contributed by atoms with Crippen LogP contribution >= 0.6 is 0 Å². The molecule has 2 rings (SSSR count). The third kappa shape index (κ3) is 4.35. The van der Waals surface area contributed by atoms with E-state index in [0.717, 1.165) is 16.8 Å². The average Bonchev–Trinajstić information content (AvgIpc) is 2.46. The lowest BCUT2D eigenvalue weighted by atomic mass is 10.1. The highest BCUT2D eigenvalue weighted by molar-refractivity contribution is 5.92. The number of primary amides is 2. The molecule has 2 aromatic carbocycles. The van der Waals surface area contributed by atoms with Crippen LogP contribution in [0.1, 0.15) is 21.5 Å². The van der Waals surface area contributed by atoms with Crippen molar-refractivity contribution in [2.24, 2.45) is 11.5 Å². The predicted molar refractivity (Wildman–Crippen MR) is 81.6 cm³/mol. The van der Waals surface area contributed by atoms with Crippen LogP contribution in [-0.2, 0) is 17.8 Å². The van der Waals surface area contributed by atoms with Gasteiger partial charge in [0.1, 0.15) is 0 Å². The summed E-state index contributed by atoms with van der Waals surface area (Å²) >= 11 is 0. The first kappa shape index (κ1) is 14.6. The minimum absolute atomic E-state index is 0.237. The van der Waals surface area contributed by atoms with Gasteiger partial charge >= 0.3 is 0 Å². The van der Waals surface area contributed by atoms with Gasteiger partial charge in [0, 0.05) is 17.8 Å². The van der Waals surface area contributed by atoms with Crippen LogP contribution in [0.15, 0.2) is 48.5 Å². The summed E-state index contributed by atoms with van der Waals surface area (Å²) in [6.45, 7) is 0.580. The van der Waals surface area contributed by atoms with Crippen LogP contribution in [0, 0.1) is 0 Å². The summed E-state index contributed by atoms with van der Waals surface area (Å²) in [6.07, 6.45) is 0.237. The largest absolute Gasteiger partial charge is 0.381 e. The molecule has 0 aromatic heterocycles. The molecule has 0 aliphatic rings. The molecule has 5 heteroatoms. The van der Waals surface area contributed by atoms with Gasteiger partial charge in [-0.15, -0.1) is 0 Å². The Balaban J connectivity index is 1.98. The van der Waals surface area contributed by atoms with Gasteiger partial charge in [-0.2, -0.15) is 0 Å². The predicted octanol–water partition coefficient (Wildman–Crippen LogP) is 1.43. The maximum Gasteiger partial charge on any atom is 0.248 e. The summed E-state index contributed by atoms with van der Waals surface area (Å²) in [5, 5.41) is 3.24. The van der Waals surface area contributed by atoms with Gasteiger partial charge in [0.05, 0.1) is 6.42 Å². The molecular weight excluding hydrogens is 266 g/mol. The second-order valence-electron chi connectivity index (χ2n) is 4.76. The topological polar surface area (TPSA) is 98.2 Å². The van der Waals surface area contributed by atoms with Crippen LogP contribution in [-0.4, -0.2) is 11.8 Å². The molecule has 0 spiro atoms. The standard InChI is InChI=1S/C16H17N3O2/c17-15(20)9-11-4-6-14(7-5-11)19-10-12-2-1-3-13(8-12)16(18)21/h1-8,19H,9-10H2,(H2,17,20)(H2,18,21). The molecular formula is C16H17N3O2. The normalized spacial score (nSPS) is 10.1. The van der Waals surface area contributed by atoms with Crippen molar-refractivity contribution in [3.63, 3.8) is 0 Å². The number of hydrogen-bond acceptors (Lipinski definition) is 3. The summed E-state index contributed by atoms with van der Waals surface area (Å²) in [4.78, 5) is 21.9. The zero-order valence-electron chi connectivity index (χ0n) is 11.5. The molecule has 108 valence electrons. The average molecular weight is 283 g/mol. The molecule has 0 heterocycles. The second-order valence-corrected chi connectivity index (χ2v) is 4.76. The molecule has 0 bridgehead atoms. The first-order valence-electron chi connectivity index (χ1n) is 6.54. The van der Waals surface area contributed by atoms with Gasteiger partial charge in [0.15, 0.2) is 0 Å².